The normalized spacial score (nSPS) is 12.5. The number of halogens is 3. The number of fused-ring (bicyclic) bond motifs is 1. The number of unbranched alkanes of at least 4 members (excludes halogenated alkanes) is 6. The molecule has 1 unspecified atom stereocenters. The third-order valence-corrected chi connectivity index (χ3v) is 7.21. The van der Waals surface area contributed by atoms with Crippen molar-refractivity contribution in [2.45, 2.75) is 71.3 Å². The first-order valence-corrected chi connectivity index (χ1v) is 14.0. The van der Waals surface area contributed by atoms with Crippen LogP contribution in [0, 0.1) is 0 Å². The summed E-state index contributed by atoms with van der Waals surface area (Å²) in [4.78, 5) is 7.23. The summed E-state index contributed by atoms with van der Waals surface area (Å²) in [6.45, 7) is 7.03. The monoisotopic (exact) mass is 534 g/mol. The fourth-order valence-electron chi connectivity index (χ4n) is 4.48. The Hall–Kier alpha value is -1.36. The zero-order valence-electron chi connectivity index (χ0n) is 20.9. The van der Waals surface area contributed by atoms with Crippen LogP contribution in [0.2, 0.25) is 15.1 Å². The van der Waals surface area contributed by atoms with Gasteiger partial charge >= 0.3 is 0 Å². The van der Waals surface area contributed by atoms with Gasteiger partial charge in [0.15, 0.2) is 0 Å². The van der Waals surface area contributed by atoms with Gasteiger partial charge in [-0.25, -0.2) is 4.98 Å². The van der Waals surface area contributed by atoms with Crippen molar-refractivity contribution in [3.8, 4) is 11.3 Å². The maximum atomic E-state index is 11.5. The molecule has 1 aromatic heterocycles. The lowest BCUT2D eigenvalue weighted by atomic mass is 9.99. The first kappa shape index (κ1) is 28.2. The molecule has 1 heterocycles. The zero-order chi connectivity index (χ0) is 25.2. The van der Waals surface area contributed by atoms with Gasteiger partial charge in [0.2, 0.25) is 0 Å². The van der Waals surface area contributed by atoms with Crippen LogP contribution in [0.5, 0.6) is 0 Å². The quantitative estimate of drug-likeness (QED) is 0.209. The molecule has 0 fully saturated rings. The molecule has 1 N–H and O–H groups in total. The molecule has 6 heteroatoms. The van der Waals surface area contributed by atoms with E-state index < -0.39 is 6.10 Å². The summed E-state index contributed by atoms with van der Waals surface area (Å²) < 4.78 is 0. The van der Waals surface area contributed by atoms with E-state index in [1.165, 1.54) is 38.5 Å². The smallest absolute Gasteiger partial charge is 0.0924 e. The van der Waals surface area contributed by atoms with Crippen LogP contribution in [0.4, 0.5) is 0 Å². The number of aliphatic hydroxyl groups excluding tert-OH is 1. The molecule has 0 aliphatic heterocycles. The molecule has 190 valence electrons. The highest BCUT2D eigenvalue weighted by atomic mass is 35.5. The van der Waals surface area contributed by atoms with Crippen molar-refractivity contribution >= 4 is 45.7 Å². The molecule has 0 aliphatic rings. The van der Waals surface area contributed by atoms with E-state index >= 15 is 0 Å². The van der Waals surface area contributed by atoms with Gasteiger partial charge in [0, 0.05) is 27.5 Å². The number of hydrogen-bond donors (Lipinski definition) is 1. The molecule has 3 nitrogen and oxygen atoms in total. The van der Waals surface area contributed by atoms with E-state index in [2.05, 4.69) is 18.7 Å². The van der Waals surface area contributed by atoms with Gasteiger partial charge in [0.25, 0.3) is 0 Å². The molecule has 2 aromatic carbocycles. The Labute approximate surface area is 225 Å². The van der Waals surface area contributed by atoms with Crippen LogP contribution in [0.3, 0.4) is 0 Å². The molecule has 0 saturated carbocycles. The molecule has 1 atom stereocenters. The van der Waals surface area contributed by atoms with E-state index in [4.69, 9.17) is 39.8 Å². The number of aromatic nitrogens is 1. The van der Waals surface area contributed by atoms with Crippen LogP contribution in [0.1, 0.15) is 76.9 Å². The van der Waals surface area contributed by atoms with Crippen LogP contribution in [-0.2, 0) is 0 Å². The van der Waals surface area contributed by atoms with E-state index in [1.807, 2.05) is 36.4 Å². The number of rotatable bonds is 14. The summed E-state index contributed by atoms with van der Waals surface area (Å²) in [6, 6.07) is 13.1. The molecule has 0 radical (unpaired) electrons. The molecule has 3 aromatic rings. The molecule has 0 saturated heterocycles. The van der Waals surface area contributed by atoms with Gasteiger partial charge in [-0.15, -0.1) is 0 Å². The second-order valence-corrected chi connectivity index (χ2v) is 10.6. The van der Waals surface area contributed by atoms with Gasteiger partial charge in [-0.3, -0.25) is 0 Å². The molecule has 35 heavy (non-hydrogen) atoms. The van der Waals surface area contributed by atoms with Gasteiger partial charge in [-0.2, -0.15) is 0 Å². The Morgan fingerprint density at radius 2 is 1.43 bits per heavy atom. The van der Waals surface area contributed by atoms with Crippen molar-refractivity contribution in [2.24, 2.45) is 0 Å². The highest BCUT2D eigenvalue weighted by Crippen LogP contribution is 2.35. The van der Waals surface area contributed by atoms with Crippen molar-refractivity contribution in [2.75, 3.05) is 19.6 Å². The number of pyridine rings is 1. The van der Waals surface area contributed by atoms with E-state index in [0.717, 1.165) is 48.1 Å². The van der Waals surface area contributed by atoms with Crippen molar-refractivity contribution in [3.63, 3.8) is 0 Å². The average molecular weight is 536 g/mol. The molecular weight excluding hydrogens is 499 g/mol. The molecule has 0 amide bonds. The van der Waals surface area contributed by atoms with Gasteiger partial charge in [0.05, 0.1) is 22.3 Å². The van der Waals surface area contributed by atoms with Gasteiger partial charge < -0.3 is 10.0 Å². The summed E-state index contributed by atoms with van der Waals surface area (Å²) >= 11 is 19.0. The Bertz CT molecular complexity index is 1060. The van der Waals surface area contributed by atoms with E-state index in [0.29, 0.717) is 27.1 Å². The highest BCUT2D eigenvalue weighted by molar-refractivity contribution is 6.38. The fraction of sp³-hybridized carbons (Fsp3) is 0.483. The van der Waals surface area contributed by atoms with Crippen LogP contribution < -0.4 is 0 Å². The van der Waals surface area contributed by atoms with Crippen LogP contribution in [-0.4, -0.2) is 34.6 Å². The Morgan fingerprint density at radius 1 is 0.800 bits per heavy atom. The van der Waals surface area contributed by atoms with Crippen LogP contribution >= 0.6 is 34.8 Å². The zero-order valence-corrected chi connectivity index (χ0v) is 23.1. The van der Waals surface area contributed by atoms with Crippen molar-refractivity contribution in [1.82, 2.24) is 9.88 Å². The Morgan fingerprint density at radius 3 is 2.03 bits per heavy atom. The topological polar surface area (TPSA) is 36.4 Å². The summed E-state index contributed by atoms with van der Waals surface area (Å²) in [6.07, 6.45) is 9.01. The minimum absolute atomic E-state index is 0.479. The first-order chi connectivity index (χ1) is 16.9. The number of nitrogens with zero attached hydrogens (tertiary/aromatic N) is 2. The lowest BCUT2D eigenvalue weighted by Gasteiger charge is -2.26. The highest BCUT2D eigenvalue weighted by Gasteiger charge is 2.20. The van der Waals surface area contributed by atoms with Gasteiger partial charge in [-0.05, 0) is 61.8 Å². The molecule has 3 rings (SSSR count). The van der Waals surface area contributed by atoms with E-state index in [1.54, 1.807) is 6.07 Å². The van der Waals surface area contributed by atoms with Crippen LogP contribution in [0.25, 0.3) is 22.2 Å². The van der Waals surface area contributed by atoms with Crippen molar-refractivity contribution < 1.29 is 5.11 Å². The molecule has 0 aliphatic carbocycles. The second kappa shape index (κ2) is 14.4. The van der Waals surface area contributed by atoms with E-state index in [-0.39, 0.29) is 0 Å². The summed E-state index contributed by atoms with van der Waals surface area (Å²) in [5, 5.41) is 14.0. The Balaban J connectivity index is 1.92. The molecule has 0 bridgehead atoms. The number of benzene rings is 2. The second-order valence-electron chi connectivity index (χ2n) is 9.33. The first-order valence-electron chi connectivity index (χ1n) is 12.9. The number of hydrogen-bond acceptors (Lipinski definition) is 3. The minimum Gasteiger partial charge on any atom is -0.387 e. The molecule has 0 spiro atoms. The SMILES string of the molecule is CCCCCCN(CCCCCC)CC(O)c1cc(-c2ccc(Cl)cc2)nc2c(Cl)cc(Cl)cc12. The lowest BCUT2D eigenvalue weighted by Crippen LogP contribution is -2.31. The van der Waals surface area contributed by atoms with Gasteiger partial charge in [-0.1, -0.05) is 99.3 Å². The predicted octanol–water partition coefficient (Wildman–Crippen LogP) is 9.36. The van der Waals surface area contributed by atoms with Crippen molar-refractivity contribution in [1.29, 1.82) is 0 Å². The summed E-state index contributed by atoms with van der Waals surface area (Å²) in [5.74, 6) is 0. The third-order valence-electron chi connectivity index (χ3n) is 6.45. The third kappa shape index (κ3) is 8.33. The maximum absolute atomic E-state index is 11.5. The predicted molar refractivity (Wildman–Crippen MR) is 152 cm³/mol. The minimum atomic E-state index is -0.682. The molecular formula is C29H37Cl3N2O. The van der Waals surface area contributed by atoms with Crippen molar-refractivity contribution in [3.05, 3.63) is 63.1 Å². The lowest BCUT2D eigenvalue weighted by molar-refractivity contribution is 0.111. The van der Waals surface area contributed by atoms with Crippen LogP contribution in [0.15, 0.2) is 42.5 Å². The van der Waals surface area contributed by atoms with E-state index in [9.17, 15) is 5.11 Å². The maximum Gasteiger partial charge on any atom is 0.0924 e. The summed E-state index contributed by atoms with van der Waals surface area (Å²) in [5.41, 5.74) is 3.13. The van der Waals surface area contributed by atoms with Gasteiger partial charge in [0.1, 0.15) is 0 Å². The largest absolute Gasteiger partial charge is 0.387 e. The standard InChI is InChI=1S/C29H37Cl3N2O/c1-3-5-7-9-15-34(16-10-8-6-4-2)20-28(35)24-19-27(21-11-13-22(30)14-12-21)33-29-25(24)17-23(31)18-26(29)32/h11-14,17-19,28,35H,3-10,15-16,20H2,1-2H3. The fourth-order valence-corrected chi connectivity index (χ4v) is 5.14. The average Bonchev–Trinajstić information content (AvgIpc) is 2.84. The number of aliphatic hydroxyl groups is 1. The summed E-state index contributed by atoms with van der Waals surface area (Å²) in [7, 11) is 0. The Kier molecular flexibility index (Phi) is 11.6.